The molecule has 1 saturated carbocycles. The van der Waals surface area contributed by atoms with Gasteiger partial charge in [-0.3, -0.25) is 14.2 Å². The summed E-state index contributed by atoms with van der Waals surface area (Å²) >= 11 is 0. The number of benzene rings is 2. The van der Waals surface area contributed by atoms with Crippen LogP contribution in [0.15, 0.2) is 52.1 Å². The molecular formula is C28H32FN5O3. The maximum atomic E-state index is 14.4. The van der Waals surface area contributed by atoms with E-state index in [0.717, 1.165) is 32.1 Å². The van der Waals surface area contributed by atoms with Crippen LogP contribution >= 0.6 is 0 Å². The maximum Gasteiger partial charge on any atom is 0.352 e. The Labute approximate surface area is 213 Å². The van der Waals surface area contributed by atoms with Gasteiger partial charge < -0.3 is 5.32 Å². The molecule has 0 saturated heterocycles. The molecule has 194 valence electrons. The lowest BCUT2D eigenvalue weighted by molar-refractivity contribution is 0.0928. The van der Waals surface area contributed by atoms with Crippen LogP contribution in [0, 0.1) is 11.7 Å². The van der Waals surface area contributed by atoms with Crippen LogP contribution in [-0.4, -0.2) is 30.7 Å². The first kappa shape index (κ1) is 24.9. The molecule has 37 heavy (non-hydrogen) atoms. The van der Waals surface area contributed by atoms with E-state index >= 15 is 0 Å². The van der Waals surface area contributed by atoms with Crippen molar-refractivity contribution >= 4 is 22.6 Å². The molecule has 0 spiro atoms. The first-order valence-electron chi connectivity index (χ1n) is 13.0. The predicted molar refractivity (Wildman–Crippen MR) is 141 cm³/mol. The lowest BCUT2D eigenvalue weighted by Crippen LogP contribution is -2.36. The highest BCUT2D eigenvalue weighted by Crippen LogP contribution is 2.19. The van der Waals surface area contributed by atoms with Crippen molar-refractivity contribution in [2.45, 2.75) is 71.5 Å². The third-order valence-corrected chi connectivity index (χ3v) is 7.19. The number of carbonyl (C=O) groups excluding carboxylic acids is 1. The van der Waals surface area contributed by atoms with Crippen LogP contribution in [0.2, 0.25) is 0 Å². The Morgan fingerprint density at radius 1 is 1.11 bits per heavy atom. The second kappa shape index (κ2) is 10.3. The molecular weight excluding hydrogens is 473 g/mol. The number of halogens is 1. The second-order valence-electron chi connectivity index (χ2n) is 10.3. The molecule has 0 radical (unpaired) electrons. The van der Waals surface area contributed by atoms with Gasteiger partial charge in [-0.25, -0.2) is 18.3 Å². The third kappa shape index (κ3) is 4.95. The van der Waals surface area contributed by atoms with Crippen molar-refractivity contribution in [3.05, 3.63) is 80.2 Å². The minimum absolute atomic E-state index is 0.0745. The molecule has 2 aromatic heterocycles. The number of hydrogen-bond acceptors (Lipinski definition) is 4. The van der Waals surface area contributed by atoms with Gasteiger partial charge in [0, 0.05) is 23.7 Å². The lowest BCUT2D eigenvalue weighted by atomic mass is 9.95. The minimum Gasteiger partial charge on any atom is -0.349 e. The van der Waals surface area contributed by atoms with Gasteiger partial charge in [-0.2, -0.15) is 0 Å². The average Bonchev–Trinajstić information content (AvgIpc) is 3.21. The Kier molecular flexibility index (Phi) is 6.95. The number of aromatic nitrogens is 4. The highest BCUT2D eigenvalue weighted by Gasteiger charge is 2.21. The quantitative estimate of drug-likeness (QED) is 0.409. The molecule has 1 N–H and O–H groups in total. The standard InChI is InChI=1S/C28H32FN5O3/c1-18(2)14-15-32-26(36)22-13-12-19(25(35)30-21-9-4-3-5-10-21)16-24(22)34-27(32)31-33(28(34)37)17-20-8-6-7-11-23(20)29/h6-8,11-13,16,18,21H,3-5,9-10,14-15,17H2,1-2H3,(H,30,35). The monoisotopic (exact) mass is 505 g/mol. The molecule has 0 unspecified atom stereocenters. The van der Waals surface area contributed by atoms with E-state index in [9.17, 15) is 18.8 Å². The zero-order valence-corrected chi connectivity index (χ0v) is 21.2. The van der Waals surface area contributed by atoms with Crippen LogP contribution in [-0.2, 0) is 13.1 Å². The van der Waals surface area contributed by atoms with Gasteiger partial charge in [0.05, 0.1) is 17.4 Å². The molecule has 9 heteroatoms. The summed E-state index contributed by atoms with van der Waals surface area (Å²) < 4.78 is 18.4. The molecule has 2 aromatic carbocycles. The van der Waals surface area contributed by atoms with Crippen molar-refractivity contribution in [2.75, 3.05) is 0 Å². The van der Waals surface area contributed by atoms with Crippen LogP contribution in [0.5, 0.6) is 0 Å². The Morgan fingerprint density at radius 2 is 1.86 bits per heavy atom. The van der Waals surface area contributed by atoms with Crippen molar-refractivity contribution in [3.63, 3.8) is 0 Å². The first-order valence-corrected chi connectivity index (χ1v) is 13.0. The summed E-state index contributed by atoms with van der Waals surface area (Å²) in [6.45, 7) is 4.43. The number of hydrogen-bond donors (Lipinski definition) is 1. The van der Waals surface area contributed by atoms with E-state index in [1.807, 2.05) is 0 Å². The molecule has 0 bridgehead atoms. The molecule has 1 aliphatic carbocycles. The average molecular weight is 506 g/mol. The molecule has 1 fully saturated rings. The zero-order chi connectivity index (χ0) is 26.1. The molecule has 8 nitrogen and oxygen atoms in total. The van der Waals surface area contributed by atoms with Crippen molar-refractivity contribution in [3.8, 4) is 0 Å². The van der Waals surface area contributed by atoms with Crippen molar-refractivity contribution in [2.24, 2.45) is 5.92 Å². The third-order valence-electron chi connectivity index (χ3n) is 7.19. The smallest absolute Gasteiger partial charge is 0.349 e. The molecule has 2 heterocycles. The summed E-state index contributed by atoms with van der Waals surface area (Å²) in [6, 6.07) is 11.2. The lowest BCUT2D eigenvalue weighted by Gasteiger charge is -2.22. The molecule has 0 atom stereocenters. The van der Waals surface area contributed by atoms with Gasteiger partial charge in [0.1, 0.15) is 5.82 Å². The van der Waals surface area contributed by atoms with Crippen LogP contribution in [0.4, 0.5) is 4.39 Å². The minimum atomic E-state index is -0.494. The highest BCUT2D eigenvalue weighted by atomic mass is 19.1. The van der Waals surface area contributed by atoms with Crippen molar-refractivity contribution < 1.29 is 9.18 Å². The summed E-state index contributed by atoms with van der Waals surface area (Å²) in [5.74, 6) is -0.141. The summed E-state index contributed by atoms with van der Waals surface area (Å²) in [7, 11) is 0. The number of fused-ring (bicyclic) bond motifs is 3. The molecule has 0 aliphatic heterocycles. The fourth-order valence-electron chi connectivity index (χ4n) is 5.05. The Morgan fingerprint density at radius 3 is 2.59 bits per heavy atom. The second-order valence-corrected chi connectivity index (χ2v) is 10.3. The van der Waals surface area contributed by atoms with E-state index in [1.54, 1.807) is 36.4 Å². The van der Waals surface area contributed by atoms with E-state index in [1.165, 1.54) is 26.1 Å². The Hall–Kier alpha value is -3.75. The maximum absolute atomic E-state index is 14.4. The van der Waals surface area contributed by atoms with Crippen LogP contribution in [0.3, 0.4) is 0 Å². The van der Waals surface area contributed by atoms with Gasteiger partial charge in [-0.1, -0.05) is 51.3 Å². The van der Waals surface area contributed by atoms with Crippen molar-refractivity contribution in [1.29, 1.82) is 0 Å². The Bertz CT molecular complexity index is 1580. The molecule has 4 aromatic rings. The molecule has 1 amide bonds. The highest BCUT2D eigenvalue weighted by molar-refractivity contribution is 5.98. The van der Waals surface area contributed by atoms with E-state index in [4.69, 9.17) is 0 Å². The van der Waals surface area contributed by atoms with Gasteiger partial charge >= 0.3 is 5.69 Å². The number of nitrogens with one attached hydrogen (secondary N) is 1. The molecule has 5 rings (SSSR count). The van der Waals surface area contributed by atoms with E-state index in [0.29, 0.717) is 34.5 Å². The van der Waals surface area contributed by atoms with Crippen LogP contribution < -0.4 is 16.6 Å². The first-order chi connectivity index (χ1) is 17.8. The van der Waals surface area contributed by atoms with Gasteiger partial charge in [-0.05, 0) is 49.4 Å². The van der Waals surface area contributed by atoms with E-state index in [2.05, 4.69) is 24.3 Å². The van der Waals surface area contributed by atoms with Gasteiger partial charge in [0.15, 0.2) is 0 Å². The molecule has 1 aliphatic rings. The summed E-state index contributed by atoms with van der Waals surface area (Å²) in [4.78, 5) is 40.2. The van der Waals surface area contributed by atoms with Crippen LogP contribution in [0.25, 0.3) is 16.7 Å². The normalized spacial score (nSPS) is 14.6. The van der Waals surface area contributed by atoms with Gasteiger partial charge in [0.2, 0.25) is 5.78 Å². The summed E-state index contributed by atoms with van der Waals surface area (Å²) in [5.41, 5.74) is 0.257. The largest absolute Gasteiger partial charge is 0.352 e. The summed E-state index contributed by atoms with van der Waals surface area (Å²) in [5, 5.41) is 7.89. The number of nitrogens with zero attached hydrogens (tertiary/aromatic N) is 4. The van der Waals surface area contributed by atoms with E-state index in [-0.39, 0.29) is 29.8 Å². The topological polar surface area (TPSA) is 90.4 Å². The number of rotatable bonds is 7. The fraction of sp³-hybridized carbons (Fsp3) is 0.429. The Balaban J connectivity index is 1.65. The SMILES string of the molecule is CC(C)CCn1c(=O)c2ccc(C(=O)NC3CCCCC3)cc2n2c(=O)n(Cc3ccccc3F)nc12. The summed E-state index contributed by atoms with van der Waals surface area (Å²) in [6.07, 6.45) is 5.99. The van der Waals surface area contributed by atoms with Gasteiger partial charge in [-0.15, -0.1) is 5.10 Å². The number of aryl methyl sites for hydroxylation is 1. The van der Waals surface area contributed by atoms with Crippen molar-refractivity contribution in [1.82, 2.24) is 24.1 Å². The fourth-order valence-corrected chi connectivity index (χ4v) is 5.05. The number of carbonyl (C=O) groups is 1. The zero-order valence-electron chi connectivity index (χ0n) is 21.2. The van der Waals surface area contributed by atoms with E-state index < -0.39 is 11.5 Å². The van der Waals surface area contributed by atoms with Gasteiger partial charge in [0.25, 0.3) is 11.5 Å². The number of amides is 1. The predicted octanol–water partition coefficient (Wildman–Crippen LogP) is 4.11. The van der Waals surface area contributed by atoms with Crippen LogP contribution in [0.1, 0.15) is 68.3 Å².